The first-order valence-electron chi connectivity index (χ1n) is 10.2. The van der Waals surface area contributed by atoms with Crippen LogP contribution in [0.2, 0.25) is 0 Å². The standard InChI is InChI=1S/C22H20FN3O7S/c23-15-5-7-16(8-6-15)34(30,31)20(24-19(27)17-3-1-13-32-17)22(29)26-11-9-25(10-12-26)21(28)18-4-2-14-33-18/h1-8,13-14,20H,9-12H2,(H,24,27)/t20-/m0/s1. The van der Waals surface area contributed by atoms with E-state index in [0.29, 0.717) is 0 Å². The largest absolute Gasteiger partial charge is 0.459 e. The molecule has 3 aromatic rings. The molecule has 0 saturated carbocycles. The highest BCUT2D eigenvalue weighted by molar-refractivity contribution is 7.92. The molecule has 1 aromatic carbocycles. The first kappa shape index (κ1) is 23.2. The molecule has 1 fully saturated rings. The fraction of sp³-hybridized carbons (Fsp3) is 0.227. The Hall–Kier alpha value is -3.93. The minimum absolute atomic E-state index is 0.0390. The fourth-order valence-corrected chi connectivity index (χ4v) is 4.95. The van der Waals surface area contributed by atoms with Crippen LogP contribution in [0.15, 0.2) is 74.8 Å². The number of piperazine rings is 1. The van der Waals surface area contributed by atoms with Gasteiger partial charge in [0, 0.05) is 26.2 Å². The minimum atomic E-state index is -4.44. The number of benzene rings is 1. The zero-order valence-electron chi connectivity index (χ0n) is 17.7. The number of furan rings is 2. The average molecular weight is 489 g/mol. The number of carbonyl (C=O) groups excluding carboxylic acids is 3. The van der Waals surface area contributed by atoms with E-state index >= 15 is 0 Å². The summed E-state index contributed by atoms with van der Waals surface area (Å²) < 4.78 is 50.0. The summed E-state index contributed by atoms with van der Waals surface area (Å²) in [4.78, 5) is 40.7. The number of nitrogens with zero attached hydrogens (tertiary/aromatic N) is 2. The van der Waals surface area contributed by atoms with Crippen molar-refractivity contribution in [1.29, 1.82) is 0 Å². The summed E-state index contributed by atoms with van der Waals surface area (Å²) in [6, 6.07) is 9.79. The molecule has 3 heterocycles. The Balaban J connectivity index is 1.55. The van der Waals surface area contributed by atoms with Crippen LogP contribution in [0, 0.1) is 5.82 Å². The van der Waals surface area contributed by atoms with Crippen molar-refractivity contribution in [3.05, 3.63) is 78.4 Å². The van der Waals surface area contributed by atoms with Gasteiger partial charge in [-0.1, -0.05) is 0 Å². The lowest BCUT2D eigenvalue weighted by Gasteiger charge is -2.36. The van der Waals surface area contributed by atoms with Crippen molar-refractivity contribution >= 4 is 27.6 Å². The molecule has 1 saturated heterocycles. The molecule has 1 aliphatic heterocycles. The van der Waals surface area contributed by atoms with Crippen LogP contribution in [-0.4, -0.2) is 67.5 Å². The fourth-order valence-electron chi connectivity index (χ4n) is 3.48. The molecule has 1 atom stereocenters. The molecule has 4 rings (SSSR count). The van der Waals surface area contributed by atoms with Crippen molar-refractivity contribution in [2.24, 2.45) is 0 Å². The molecule has 1 N–H and O–H groups in total. The molecular formula is C22H20FN3O7S. The first-order chi connectivity index (χ1) is 16.3. The molecule has 0 unspecified atom stereocenters. The number of hydrogen-bond donors (Lipinski definition) is 1. The highest BCUT2D eigenvalue weighted by Gasteiger charge is 2.40. The van der Waals surface area contributed by atoms with E-state index < -0.39 is 32.8 Å². The maximum Gasteiger partial charge on any atom is 0.289 e. The third-order valence-corrected chi connectivity index (χ3v) is 7.16. The molecule has 2 aromatic heterocycles. The number of rotatable bonds is 6. The topological polar surface area (TPSA) is 130 Å². The van der Waals surface area contributed by atoms with Gasteiger partial charge in [0.15, 0.2) is 11.5 Å². The Morgan fingerprint density at radius 2 is 1.41 bits per heavy atom. The van der Waals surface area contributed by atoms with Crippen LogP contribution in [0.4, 0.5) is 4.39 Å². The maximum atomic E-state index is 13.3. The first-order valence-corrected chi connectivity index (χ1v) is 11.8. The van der Waals surface area contributed by atoms with Crippen molar-refractivity contribution in [2.45, 2.75) is 10.3 Å². The third kappa shape index (κ3) is 4.71. The Labute approximate surface area is 193 Å². The summed E-state index contributed by atoms with van der Waals surface area (Å²) in [6.07, 6.45) is 2.61. The number of carbonyl (C=O) groups is 3. The lowest BCUT2D eigenvalue weighted by atomic mass is 10.2. The van der Waals surface area contributed by atoms with E-state index in [4.69, 9.17) is 8.83 Å². The van der Waals surface area contributed by atoms with Gasteiger partial charge in [0.1, 0.15) is 5.82 Å². The summed E-state index contributed by atoms with van der Waals surface area (Å²) in [5, 5.41) is 0.242. The maximum absolute atomic E-state index is 13.3. The van der Waals surface area contributed by atoms with Gasteiger partial charge >= 0.3 is 0 Å². The Kier molecular flexibility index (Phi) is 6.50. The molecule has 34 heavy (non-hydrogen) atoms. The number of amides is 3. The molecular weight excluding hydrogens is 469 g/mol. The van der Waals surface area contributed by atoms with Crippen LogP contribution < -0.4 is 5.32 Å². The number of nitrogens with one attached hydrogen (secondary N) is 1. The number of hydrogen-bond acceptors (Lipinski definition) is 7. The Morgan fingerprint density at radius 1 is 0.853 bits per heavy atom. The highest BCUT2D eigenvalue weighted by Crippen LogP contribution is 2.19. The van der Waals surface area contributed by atoms with Crippen molar-refractivity contribution in [1.82, 2.24) is 15.1 Å². The van der Waals surface area contributed by atoms with Gasteiger partial charge in [-0.25, -0.2) is 12.8 Å². The van der Waals surface area contributed by atoms with E-state index in [2.05, 4.69) is 5.32 Å². The van der Waals surface area contributed by atoms with E-state index in [0.717, 1.165) is 24.3 Å². The van der Waals surface area contributed by atoms with Crippen LogP contribution in [0.1, 0.15) is 21.1 Å². The van der Waals surface area contributed by atoms with Crippen LogP contribution in [0.3, 0.4) is 0 Å². The van der Waals surface area contributed by atoms with Crippen molar-refractivity contribution in [3.8, 4) is 0 Å². The molecule has 0 aliphatic carbocycles. The molecule has 178 valence electrons. The Morgan fingerprint density at radius 3 is 1.97 bits per heavy atom. The second-order valence-electron chi connectivity index (χ2n) is 7.42. The normalized spacial score (nSPS) is 15.1. The zero-order valence-corrected chi connectivity index (χ0v) is 18.5. The van der Waals surface area contributed by atoms with Gasteiger partial charge in [0.25, 0.3) is 17.7 Å². The molecule has 1 aliphatic rings. The second kappa shape index (κ2) is 9.51. The summed E-state index contributed by atoms with van der Waals surface area (Å²) in [7, 11) is -4.44. The predicted molar refractivity (Wildman–Crippen MR) is 115 cm³/mol. The summed E-state index contributed by atoms with van der Waals surface area (Å²) in [5.74, 6) is -2.81. The number of sulfone groups is 1. The van der Waals surface area contributed by atoms with Gasteiger partial charge in [0.05, 0.1) is 17.4 Å². The molecule has 0 spiro atoms. The van der Waals surface area contributed by atoms with Crippen molar-refractivity contribution in [3.63, 3.8) is 0 Å². The van der Waals surface area contributed by atoms with E-state index in [1.54, 1.807) is 6.07 Å². The molecule has 0 radical (unpaired) electrons. The SMILES string of the molecule is O=C(N[C@H](C(=O)N1CCN(C(=O)c2ccco2)CC1)S(=O)(=O)c1ccc(F)cc1)c1ccco1. The molecule has 0 bridgehead atoms. The highest BCUT2D eigenvalue weighted by atomic mass is 32.2. The van der Waals surface area contributed by atoms with Crippen LogP contribution >= 0.6 is 0 Å². The molecule has 3 amide bonds. The van der Waals surface area contributed by atoms with Crippen LogP contribution in [0.25, 0.3) is 0 Å². The van der Waals surface area contributed by atoms with E-state index in [9.17, 15) is 27.2 Å². The smallest absolute Gasteiger partial charge is 0.289 e. The quantitative estimate of drug-likeness (QED) is 0.520. The van der Waals surface area contributed by atoms with Gasteiger partial charge in [-0.3, -0.25) is 14.4 Å². The van der Waals surface area contributed by atoms with Crippen molar-refractivity contribution in [2.75, 3.05) is 26.2 Å². The van der Waals surface area contributed by atoms with Crippen LogP contribution in [0.5, 0.6) is 0 Å². The van der Waals surface area contributed by atoms with E-state index in [-0.39, 0.29) is 48.5 Å². The van der Waals surface area contributed by atoms with Crippen LogP contribution in [-0.2, 0) is 14.6 Å². The summed E-state index contributed by atoms with van der Waals surface area (Å²) in [6.45, 7) is 0.357. The molecule has 10 nitrogen and oxygen atoms in total. The lowest BCUT2D eigenvalue weighted by Crippen LogP contribution is -2.57. The Bertz CT molecular complexity index is 1260. The average Bonchev–Trinajstić information content (AvgIpc) is 3.57. The second-order valence-corrected chi connectivity index (χ2v) is 9.46. The van der Waals surface area contributed by atoms with Gasteiger partial charge < -0.3 is 24.0 Å². The third-order valence-electron chi connectivity index (χ3n) is 5.29. The van der Waals surface area contributed by atoms with Gasteiger partial charge in [-0.2, -0.15) is 0 Å². The lowest BCUT2D eigenvalue weighted by molar-refractivity contribution is -0.132. The summed E-state index contributed by atoms with van der Waals surface area (Å²) in [5.41, 5.74) is 0. The van der Waals surface area contributed by atoms with Gasteiger partial charge in [0.2, 0.25) is 15.2 Å². The van der Waals surface area contributed by atoms with Crippen molar-refractivity contribution < 1.29 is 36.0 Å². The summed E-state index contributed by atoms with van der Waals surface area (Å²) >= 11 is 0. The zero-order chi connectivity index (χ0) is 24.3. The number of halogens is 1. The minimum Gasteiger partial charge on any atom is -0.459 e. The monoisotopic (exact) mass is 489 g/mol. The predicted octanol–water partition coefficient (Wildman–Crippen LogP) is 1.53. The van der Waals surface area contributed by atoms with Gasteiger partial charge in [-0.05, 0) is 48.5 Å². The van der Waals surface area contributed by atoms with Gasteiger partial charge in [-0.15, -0.1) is 0 Å². The van der Waals surface area contributed by atoms with E-state index in [1.165, 1.54) is 40.5 Å². The van der Waals surface area contributed by atoms with E-state index in [1.807, 2.05) is 0 Å². The molecule has 12 heteroatoms.